The molecule has 1 aromatic rings. The smallest absolute Gasteiger partial charge is 0.311 e. The van der Waals surface area contributed by atoms with Gasteiger partial charge in [-0.1, -0.05) is 0 Å². The molecule has 0 aromatic heterocycles. The summed E-state index contributed by atoms with van der Waals surface area (Å²) < 4.78 is 0. The standard InChI is InChI=1S/C13H14N2O6/c16-11-2-1-9(7-10(11)15(20)21)12(17)14-5-3-8(4-6-14)13(18)19/h1-2,7-8,16H,3-6H2,(H,18,19). The third-order valence-corrected chi connectivity index (χ3v) is 3.55. The van der Waals surface area contributed by atoms with E-state index in [4.69, 9.17) is 5.11 Å². The third kappa shape index (κ3) is 3.10. The molecule has 2 rings (SSSR count). The number of carbonyl (C=O) groups is 2. The van der Waals surface area contributed by atoms with Crippen molar-refractivity contribution in [1.82, 2.24) is 4.90 Å². The van der Waals surface area contributed by atoms with Gasteiger partial charge in [-0.25, -0.2) is 0 Å². The van der Waals surface area contributed by atoms with Gasteiger partial charge in [0.15, 0.2) is 5.75 Å². The number of hydrogen-bond acceptors (Lipinski definition) is 5. The zero-order valence-corrected chi connectivity index (χ0v) is 11.1. The lowest BCUT2D eigenvalue weighted by Crippen LogP contribution is -2.40. The molecule has 1 aliphatic heterocycles. The first-order valence-corrected chi connectivity index (χ1v) is 6.39. The summed E-state index contributed by atoms with van der Waals surface area (Å²) in [7, 11) is 0. The van der Waals surface area contributed by atoms with E-state index in [1.54, 1.807) is 0 Å². The number of nitrogens with zero attached hydrogens (tertiary/aromatic N) is 2. The second-order valence-electron chi connectivity index (χ2n) is 4.87. The van der Waals surface area contributed by atoms with Crippen LogP contribution in [0.3, 0.4) is 0 Å². The maximum atomic E-state index is 12.2. The summed E-state index contributed by atoms with van der Waals surface area (Å²) in [6.45, 7) is 0.592. The predicted molar refractivity (Wildman–Crippen MR) is 71.0 cm³/mol. The maximum absolute atomic E-state index is 12.2. The normalized spacial score (nSPS) is 15.7. The van der Waals surface area contributed by atoms with Gasteiger partial charge in [-0.15, -0.1) is 0 Å². The molecule has 0 unspecified atom stereocenters. The minimum absolute atomic E-state index is 0.105. The number of likely N-dealkylation sites (tertiary alicyclic amines) is 1. The van der Waals surface area contributed by atoms with Crippen LogP contribution in [0.5, 0.6) is 5.75 Å². The molecule has 1 aromatic carbocycles. The summed E-state index contributed by atoms with van der Waals surface area (Å²) in [6, 6.07) is 3.45. The van der Waals surface area contributed by atoms with Gasteiger partial charge in [-0.05, 0) is 25.0 Å². The predicted octanol–water partition coefficient (Wildman–Crippen LogP) is 1.24. The van der Waals surface area contributed by atoms with E-state index in [0.29, 0.717) is 25.9 Å². The van der Waals surface area contributed by atoms with Gasteiger partial charge in [0.25, 0.3) is 5.91 Å². The van der Waals surface area contributed by atoms with E-state index in [2.05, 4.69) is 0 Å². The van der Waals surface area contributed by atoms with Gasteiger partial charge < -0.3 is 15.1 Å². The molecule has 0 bridgehead atoms. The number of carboxylic acid groups (broad SMARTS) is 1. The second kappa shape index (κ2) is 5.78. The van der Waals surface area contributed by atoms with Crippen LogP contribution in [0.2, 0.25) is 0 Å². The molecule has 0 aliphatic carbocycles. The van der Waals surface area contributed by atoms with Crippen LogP contribution in [0.1, 0.15) is 23.2 Å². The van der Waals surface area contributed by atoms with Crippen LogP contribution in [-0.4, -0.2) is 45.0 Å². The van der Waals surface area contributed by atoms with Crippen LogP contribution in [0.15, 0.2) is 18.2 Å². The zero-order chi connectivity index (χ0) is 15.6. The first kappa shape index (κ1) is 14.8. The summed E-state index contributed by atoms with van der Waals surface area (Å²) in [4.78, 5) is 34.5. The molecule has 1 amide bonds. The molecule has 1 heterocycles. The summed E-state index contributed by atoms with van der Waals surface area (Å²) in [6.07, 6.45) is 0.725. The quantitative estimate of drug-likeness (QED) is 0.639. The van der Waals surface area contributed by atoms with E-state index in [1.807, 2.05) is 0 Å². The molecule has 0 atom stereocenters. The van der Waals surface area contributed by atoms with Crippen molar-refractivity contribution >= 4 is 17.6 Å². The minimum Gasteiger partial charge on any atom is -0.502 e. The highest BCUT2D eigenvalue weighted by atomic mass is 16.6. The van der Waals surface area contributed by atoms with Crippen molar-refractivity contribution in [2.45, 2.75) is 12.8 Å². The molecule has 1 fully saturated rings. The number of carbonyl (C=O) groups excluding carboxylic acids is 1. The van der Waals surface area contributed by atoms with E-state index >= 15 is 0 Å². The number of aromatic hydroxyl groups is 1. The lowest BCUT2D eigenvalue weighted by atomic mass is 9.96. The molecular weight excluding hydrogens is 280 g/mol. The van der Waals surface area contributed by atoms with Crippen LogP contribution in [0.4, 0.5) is 5.69 Å². The molecule has 8 heteroatoms. The highest BCUT2D eigenvalue weighted by Crippen LogP contribution is 2.27. The Bertz CT molecular complexity index is 592. The molecule has 1 saturated heterocycles. The number of phenolic OH excluding ortho intramolecular Hbond substituents is 1. The number of carboxylic acids is 1. The van der Waals surface area contributed by atoms with Gasteiger partial charge in [0.1, 0.15) is 0 Å². The molecule has 0 saturated carbocycles. The Balaban J connectivity index is 2.13. The Kier molecular flexibility index (Phi) is 4.06. The maximum Gasteiger partial charge on any atom is 0.311 e. The molecule has 8 nitrogen and oxygen atoms in total. The van der Waals surface area contributed by atoms with Crippen molar-refractivity contribution < 1.29 is 24.7 Å². The topological polar surface area (TPSA) is 121 Å². The molecule has 21 heavy (non-hydrogen) atoms. The van der Waals surface area contributed by atoms with Gasteiger partial charge in [0.2, 0.25) is 0 Å². The minimum atomic E-state index is -0.873. The second-order valence-corrected chi connectivity index (χ2v) is 4.87. The number of phenols is 1. The summed E-state index contributed by atoms with van der Waals surface area (Å²) in [5.74, 6) is -2.23. The van der Waals surface area contributed by atoms with Gasteiger partial charge in [-0.3, -0.25) is 19.7 Å². The zero-order valence-electron chi connectivity index (χ0n) is 11.1. The van der Waals surface area contributed by atoms with Crippen molar-refractivity contribution in [1.29, 1.82) is 0 Å². The Labute approximate surface area is 119 Å². The molecule has 2 N–H and O–H groups in total. The first-order chi connectivity index (χ1) is 9.90. The van der Waals surface area contributed by atoms with Gasteiger partial charge in [0.05, 0.1) is 10.8 Å². The van der Waals surface area contributed by atoms with Crippen LogP contribution in [0.25, 0.3) is 0 Å². The SMILES string of the molecule is O=C(O)C1CCN(C(=O)c2ccc(O)c([N+](=O)[O-])c2)CC1. The molecule has 0 spiro atoms. The van der Waals surface area contributed by atoms with E-state index < -0.39 is 34.2 Å². The first-order valence-electron chi connectivity index (χ1n) is 6.39. The van der Waals surface area contributed by atoms with Crippen LogP contribution < -0.4 is 0 Å². The van der Waals surface area contributed by atoms with Gasteiger partial charge in [0, 0.05) is 24.7 Å². The number of rotatable bonds is 3. The molecule has 112 valence electrons. The Morgan fingerprint density at radius 1 is 1.29 bits per heavy atom. The van der Waals surface area contributed by atoms with Crippen LogP contribution in [0, 0.1) is 16.0 Å². The van der Waals surface area contributed by atoms with E-state index in [1.165, 1.54) is 11.0 Å². The molecular formula is C13H14N2O6. The van der Waals surface area contributed by atoms with Crippen molar-refractivity contribution in [3.8, 4) is 5.75 Å². The van der Waals surface area contributed by atoms with Crippen molar-refractivity contribution in [2.24, 2.45) is 5.92 Å². The van der Waals surface area contributed by atoms with E-state index in [0.717, 1.165) is 12.1 Å². The van der Waals surface area contributed by atoms with Crippen molar-refractivity contribution in [3.63, 3.8) is 0 Å². The average molecular weight is 294 g/mol. The number of nitro benzene ring substituents is 1. The average Bonchev–Trinajstić information content (AvgIpc) is 2.46. The van der Waals surface area contributed by atoms with Crippen molar-refractivity contribution in [3.05, 3.63) is 33.9 Å². The summed E-state index contributed by atoms with van der Waals surface area (Å²) in [5, 5.41) is 29.0. The fourth-order valence-corrected chi connectivity index (χ4v) is 2.31. The third-order valence-electron chi connectivity index (χ3n) is 3.55. The number of nitro groups is 1. The molecule has 0 radical (unpaired) electrons. The lowest BCUT2D eigenvalue weighted by molar-refractivity contribution is -0.385. The van der Waals surface area contributed by atoms with Crippen molar-refractivity contribution in [2.75, 3.05) is 13.1 Å². The van der Waals surface area contributed by atoms with E-state index in [9.17, 15) is 24.8 Å². The largest absolute Gasteiger partial charge is 0.502 e. The highest BCUT2D eigenvalue weighted by molar-refractivity contribution is 5.95. The number of piperidine rings is 1. The highest BCUT2D eigenvalue weighted by Gasteiger charge is 2.28. The fraction of sp³-hybridized carbons (Fsp3) is 0.385. The number of amides is 1. The lowest BCUT2D eigenvalue weighted by Gasteiger charge is -2.30. The summed E-state index contributed by atoms with van der Waals surface area (Å²) >= 11 is 0. The number of aliphatic carboxylic acids is 1. The summed E-state index contributed by atoms with van der Waals surface area (Å²) in [5.41, 5.74) is -0.422. The number of hydrogen-bond donors (Lipinski definition) is 2. The monoisotopic (exact) mass is 294 g/mol. The Hall–Kier alpha value is -2.64. The van der Waals surface area contributed by atoms with Gasteiger partial charge in [-0.2, -0.15) is 0 Å². The van der Waals surface area contributed by atoms with Gasteiger partial charge >= 0.3 is 11.7 Å². The Morgan fingerprint density at radius 2 is 1.90 bits per heavy atom. The molecule has 1 aliphatic rings. The number of benzene rings is 1. The van der Waals surface area contributed by atoms with Crippen LogP contribution >= 0.6 is 0 Å². The van der Waals surface area contributed by atoms with E-state index in [-0.39, 0.29) is 5.56 Å². The fourth-order valence-electron chi connectivity index (χ4n) is 2.31. The Morgan fingerprint density at radius 3 is 2.43 bits per heavy atom. The van der Waals surface area contributed by atoms with Crippen LogP contribution in [-0.2, 0) is 4.79 Å².